The van der Waals surface area contributed by atoms with Crippen molar-refractivity contribution in [2.24, 2.45) is 0 Å². The fourth-order valence-corrected chi connectivity index (χ4v) is 1.96. The Balaban J connectivity index is 2.03. The molecule has 0 N–H and O–H groups in total. The number of piperidine rings is 1. The van der Waals surface area contributed by atoms with E-state index in [2.05, 4.69) is 4.37 Å². The molecule has 0 spiro atoms. The molecule has 0 atom stereocenters. The summed E-state index contributed by atoms with van der Waals surface area (Å²) in [6, 6.07) is 0. The lowest BCUT2D eigenvalue weighted by Gasteiger charge is -2.25. The first-order valence-electron chi connectivity index (χ1n) is 4.48. The Morgan fingerprint density at radius 1 is 1.43 bits per heavy atom. The molecular formula is C9H10N2O2S. The summed E-state index contributed by atoms with van der Waals surface area (Å²) in [7, 11) is 0. The van der Waals surface area contributed by atoms with Gasteiger partial charge in [0.15, 0.2) is 0 Å². The van der Waals surface area contributed by atoms with Gasteiger partial charge in [-0.15, -0.1) is 0 Å². The molecule has 14 heavy (non-hydrogen) atoms. The zero-order chi connectivity index (χ0) is 9.97. The molecule has 0 aliphatic carbocycles. The van der Waals surface area contributed by atoms with E-state index in [4.69, 9.17) is 0 Å². The maximum absolute atomic E-state index is 11.7. The van der Waals surface area contributed by atoms with Crippen LogP contribution in [0.2, 0.25) is 0 Å². The Hall–Kier alpha value is -1.23. The van der Waals surface area contributed by atoms with Crippen LogP contribution in [0.5, 0.6) is 0 Å². The fourth-order valence-electron chi connectivity index (χ4n) is 1.45. The molecule has 1 aromatic heterocycles. The van der Waals surface area contributed by atoms with Crippen LogP contribution in [0.15, 0.2) is 11.6 Å². The van der Waals surface area contributed by atoms with Gasteiger partial charge in [-0.05, 0) is 11.5 Å². The van der Waals surface area contributed by atoms with E-state index in [-0.39, 0.29) is 11.7 Å². The molecule has 1 aliphatic heterocycles. The van der Waals surface area contributed by atoms with Crippen LogP contribution in [0.1, 0.15) is 23.2 Å². The molecule has 1 aromatic rings. The summed E-state index contributed by atoms with van der Waals surface area (Å²) in [4.78, 5) is 24.4. The minimum atomic E-state index is -0.00810. The van der Waals surface area contributed by atoms with Gasteiger partial charge in [-0.1, -0.05) is 0 Å². The zero-order valence-electron chi connectivity index (χ0n) is 7.60. The first-order chi connectivity index (χ1) is 6.77. The van der Waals surface area contributed by atoms with Crippen molar-refractivity contribution in [1.82, 2.24) is 9.27 Å². The van der Waals surface area contributed by atoms with Crippen LogP contribution >= 0.6 is 11.5 Å². The van der Waals surface area contributed by atoms with Crippen molar-refractivity contribution in [2.75, 3.05) is 13.1 Å². The summed E-state index contributed by atoms with van der Waals surface area (Å²) in [5.74, 6) is 0.240. The highest BCUT2D eigenvalue weighted by Crippen LogP contribution is 2.11. The molecule has 0 bridgehead atoms. The van der Waals surface area contributed by atoms with Gasteiger partial charge in [-0.3, -0.25) is 9.59 Å². The molecule has 2 heterocycles. The third-order valence-electron chi connectivity index (χ3n) is 2.29. The van der Waals surface area contributed by atoms with E-state index in [1.807, 2.05) is 0 Å². The van der Waals surface area contributed by atoms with Crippen LogP contribution in [0.3, 0.4) is 0 Å². The molecule has 1 aliphatic rings. The maximum Gasteiger partial charge on any atom is 0.256 e. The number of nitrogens with zero attached hydrogens (tertiary/aromatic N) is 2. The molecular weight excluding hydrogens is 200 g/mol. The number of rotatable bonds is 1. The Bertz CT molecular complexity index is 338. The van der Waals surface area contributed by atoms with Gasteiger partial charge in [0.2, 0.25) is 0 Å². The predicted molar refractivity (Wildman–Crippen MR) is 52.3 cm³/mol. The molecule has 0 saturated carbocycles. The van der Waals surface area contributed by atoms with Crippen LogP contribution in [-0.4, -0.2) is 34.1 Å². The number of ketones is 1. The summed E-state index contributed by atoms with van der Waals surface area (Å²) < 4.78 is 3.88. The summed E-state index contributed by atoms with van der Waals surface area (Å²) in [5.41, 5.74) is 0.629. The lowest BCUT2D eigenvalue weighted by Crippen LogP contribution is -2.38. The molecule has 1 fully saturated rings. The standard InChI is InChI=1S/C9H10N2O2S/c12-8-1-3-11(4-2-8)9(13)7-5-10-14-6-7/h5-6H,1-4H2. The van der Waals surface area contributed by atoms with Crippen molar-refractivity contribution in [3.05, 3.63) is 17.1 Å². The number of hydrogen-bond acceptors (Lipinski definition) is 4. The average molecular weight is 210 g/mol. The molecule has 0 aromatic carbocycles. The summed E-state index contributed by atoms with van der Waals surface area (Å²) in [6.45, 7) is 1.10. The van der Waals surface area contributed by atoms with E-state index >= 15 is 0 Å². The number of carbonyl (C=O) groups is 2. The van der Waals surface area contributed by atoms with Crippen molar-refractivity contribution < 1.29 is 9.59 Å². The Morgan fingerprint density at radius 3 is 2.71 bits per heavy atom. The average Bonchev–Trinajstić information content (AvgIpc) is 2.71. The highest BCUT2D eigenvalue weighted by molar-refractivity contribution is 7.03. The van der Waals surface area contributed by atoms with E-state index in [1.165, 1.54) is 11.5 Å². The number of hydrogen-bond donors (Lipinski definition) is 0. The topological polar surface area (TPSA) is 50.3 Å². The number of amides is 1. The van der Waals surface area contributed by atoms with Crippen LogP contribution in [0.25, 0.3) is 0 Å². The Kier molecular flexibility index (Phi) is 2.58. The summed E-state index contributed by atoms with van der Waals surface area (Å²) in [5, 5.41) is 1.73. The van der Waals surface area contributed by atoms with Gasteiger partial charge in [0.1, 0.15) is 5.78 Å². The number of Topliss-reactive ketones (excluding diaryl/α,β-unsaturated/α-hetero) is 1. The molecule has 5 heteroatoms. The molecule has 4 nitrogen and oxygen atoms in total. The van der Waals surface area contributed by atoms with Gasteiger partial charge in [0, 0.05) is 31.3 Å². The third kappa shape index (κ3) is 1.82. The first-order valence-corrected chi connectivity index (χ1v) is 5.31. The largest absolute Gasteiger partial charge is 0.338 e. The third-order valence-corrected chi connectivity index (χ3v) is 2.87. The van der Waals surface area contributed by atoms with E-state index in [1.54, 1.807) is 16.5 Å². The van der Waals surface area contributed by atoms with Crippen LogP contribution in [-0.2, 0) is 4.79 Å². The fraction of sp³-hybridized carbons (Fsp3) is 0.444. The van der Waals surface area contributed by atoms with E-state index in [0.29, 0.717) is 31.5 Å². The van der Waals surface area contributed by atoms with Crippen molar-refractivity contribution in [3.8, 4) is 0 Å². The second kappa shape index (κ2) is 3.88. The van der Waals surface area contributed by atoms with Gasteiger partial charge in [0.05, 0.1) is 11.8 Å². The van der Waals surface area contributed by atoms with Gasteiger partial charge >= 0.3 is 0 Å². The molecule has 2 rings (SSSR count). The molecule has 1 amide bonds. The molecule has 74 valence electrons. The zero-order valence-corrected chi connectivity index (χ0v) is 8.42. The molecule has 1 saturated heterocycles. The normalized spacial score (nSPS) is 17.1. The van der Waals surface area contributed by atoms with E-state index in [9.17, 15) is 9.59 Å². The summed E-state index contributed by atoms with van der Waals surface area (Å²) >= 11 is 1.27. The van der Waals surface area contributed by atoms with Gasteiger partial charge in [0.25, 0.3) is 5.91 Å². The van der Waals surface area contributed by atoms with Gasteiger partial charge in [-0.25, -0.2) is 4.37 Å². The van der Waals surface area contributed by atoms with Crippen LogP contribution < -0.4 is 0 Å². The lowest BCUT2D eigenvalue weighted by molar-refractivity contribution is -0.120. The SMILES string of the molecule is O=C1CCN(C(=O)c2cnsc2)CC1. The lowest BCUT2D eigenvalue weighted by atomic mass is 10.1. The maximum atomic E-state index is 11.7. The van der Waals surface area contributed by atoms with Crippen molar-refractivity contribution in [2.45, 2.75) is 12.8 Å². The highest BCUT2D eigenvalue weighted by atomic mass is 32.1. The number of carbonyl (C=O) groups excluding carboxylic acids is 2. The summed E-state index contributed by atoms with van der Waals surface area (Å²) in [6.07, 6.45) is 2.55. The Labute approximate surface area is 85.7 Å². The van der Waals surface area contributed by atoms with E-state index in [0.717, 1.165) is 0 Å². The minimum absolute atomic E-state index is 0.00810. The highest BCUT2D eigenvalue weighted by Gasteiger charge is 2.21. The first kappa shape index (κ1) is 9.33. The minimum Gasteiger partial charge on any atom is -0.338 e. The predicted octanol–water partition coefficient (Wildman–Crippen LogP) is 0.948. The number of aromatic nitrogens is 1. The van der Waals surface area contributed by atoms with Crippen molar-refractivity contribution in [1.29, 1.82) is 0 Å². The smallest absolute Gasteiger partial charge is 0.256 e. The van der Waals surface area contributed by atoms with Gasteiger partial charge < -0.3 is 4.90 Å². The quantitative estimate of drug-likeness (QED) is 0.693. The van der Waals surface area contributed by atoms with E-state index < -0.39 is 0 Å². The number of likely N-dealkylation sites (tertiary alicyclic amines) is 1. The van der Waals surface area contributed by atoms with Crippen molar-refractivity contribution in [3.63, 3.8) is 0 Å². The van der Waals surface area contributed by atoms with Crippen LogP contribution in [0, 0.1) is 0 Å². The van der Waals surface area contributed by atoms with Crippen LogP contribution in [0.4, 0.5) is 0 Å². The van der Waals surface area contributed by atoms with Crippen molar-refractivity contribution >= 4 is 23.2 Å². The monoisotopic (exact) mass is 210 g/mol. The second-order valence-corrected chi connectivity index (χ2v) is 3.90. The molecule has 0 radical (unpaired) electrons. The van der Waals surface area contributed by atoms with Gasteiger partial charge in [-0.2, -0.15) is 0 Å². The molecule has 0 unspecified atom stereocenters. The second-order valence-electron chi connectivity index (χ2n) is 3.24. The Morgan fingerprint density at radius 2 is 2.14 bits per heavy atom.